The molecule has 1 N–H and O–H groups in total. The lowest BCUT2D eigenvalue weighted by molar-refractivity contribution is -0.114. The predicted molar refractivity (Wildman–Crippen MR) is 116 cm³/mol. The lowest BCUT2D eigenvalue weighted by atomic mass is 10.0. The maximum Gasteiger partial charge on any atom is 0.304 e. The van der Waals surface area contributed by atoms with Crippen LogP contribution in [-0.4, -0.2) is 39.3 Å². The first-order valence-corrected chi connectivity index (χ1v) is 11.0. The molecular weight excluding hydrogens is 405 g/mol. The first kappa shape index (κ1) is 20.3. The molecule has 0 radical (unpaired) electrons. The molecule has 8 heteroatoms. The maximum absolute atomic E-state index is 14.4. The molecule has 0 saturated heterocycles. The van der Waals surface area contributed by atoms with Crippen molar-refractivity contribution in [2.45, 2.75) is 12.8 Å². The fraction of sp³-hybridized carbons (Fsp3) is 0.227. The van der Waals surface area contributed by atoms with Gasteiger partial charge in [-0.25, -0.2) is 8.70 Å². The molecule has 3 aromatic rings. The van der Waals surface area contributed by atoms with Crippen molar-refractivity contribution in [3.8, 4) is 0 Å². The van der Waals surface area contributed by atoms with Crippen LogP contribution in [-0.2, 0) is 27.8 Å². The quantitative estimate of drug-likeness (QED) is 0.656. The second-order valence-electron chi connectivity index (χ2n) is 7.41. The van der Waals surface area contributed by atoms with E-state index >= 15 is 0 Å². The Labute approximate surface area is 175 Å². The number of aryl methyl sites for hydroxylation is 2. The highest BCUT2D eigenvalue weighted by Gasteiger charge is 2.29. The van der Waals surface area contributed by atoms with Gasteiger partial charge in [0.15, 0.2) is 0 Å². The van der Waals surface area contributed by atoms with Crippen molar-refractivity contribution in [2.75, 3.05) is 30.3 Å². The first-order chi connectivity index (χ1) is 14.3. The Morgan fingerprint density at radius 2 is 1.70 bits per heavy atom. The van der Waals surface area contributed by atoms with Crippen LogP contribution in [0.4, 0.5) is 15.8 Å². The summed E-state index contributed by atoms with van der Waals surface area (Å²) in [6.07, 6.45) is 1.93. The normalized spacial score (nSPS) is 13.1. The molecule has 3 aromatic carbocycles. The number of hydrogen-bond donors (Lipinski definition) is 1. The largest absolute Gasteiger partial charge is 0.324 e. The number of halogens is 1. The summed E-state index contributed by atoms with van der Waals surface area (Å²) in [5.41, 5.74) is 2.91. The molecule has 0 aliphatic heterocycles. The number of carbonyl (C=O) groups is 1. The molecule has 4 rings (SSSR count). The molecule has 0 aromatic heterocycles. The zero-order valence-corrected chi connectivity index (χ0v) is 17.5. The summed E-state index contributed by atoms with van der Waals surface area (Å²) >= 11 is 0. The van der Waals surface area contributed by atoms with Crippen LogP contribution < -0.4 is 9.62 Å². The molecule has 0 atom stereocenters. The van der Waals surface area contributed by atoms with E-state index in [2.05, 4.69) is 11.4 Å². The van der Waals surface area contributed by atoms with E-state index in [1.54, 1.807) is 0 Å². The van der Waals surface area contributed by atoms with Gasteiger partial charge in [0.1, 0.15) is 12.4 Å². The van der Waals surface area contributed by atoms with E-state index in [0.717, 1.165) is 38.3 Å². The third-order valence-corrected chi connectivity index (χ3v) is 7.10. The fourth-order valence-corrected chi connectivity index (χ4v) is 4.89. The van der Waals surface area contributed by atoms with Crippen molar-refractivity contribution < 1.29 is 17.6 Å². The Kier molecular flexibility index (Phi) is 5.21. The summed E-state index contributed by atoms with van der Waals surface area (Å²) in [5.74, 6) is -1.27. The molecule has 1 aliphatic rings. The maximum atomic E-state index is 14.4. The van der Waals surface area contributed by atoms with Gasteiger partial charge in [-0.15, -0.1) is 0 Å². The Hall–Kier alpha value is -2.97. The van der Waals surface area contributed by atoms with Gasteiger partial charge < -0.3 is 5.32 Å². The van der Waals surface area contributed by atoms with Crippen molar-refractivity contribution in [3.05, 3.63) is 71.5 Å². The lowest BCUT2D eigenvalue weighted by Crippen LogP contribution is -2.44. The Morgan fingerprint density at radius 1 is 1.00 bits per heavy atom. The molecule has 0 saturated carbocycles. The van der Waals surface area contributed by atoms with Gasteiger partial charge in [-0.3, -0.25) is 4.79 Å². The van der Waals surface area contributed by atoms with Gasteiger partial charge in [0, 0.05) is 25.2 Å². The SMILES string of the molecule is CN(C)S(=O)(=O)N(CC(=O)Nc1ccc2c3c(cccc13)CC2)c1ccccc1F. The molecule has 1 amide bonds. The van der Waals surface area contributed by atoms with Crippen LogP contribution in [0.3, 0.4) is 0 Å². The first-order valence-electron chi connectivity index (χ1n) is 9.57. The van der Waals surface area contributed by atoms with Crippen LogP contribution in [0.15, 0.2) is 54.6 Å². The second kappa shape index (κ2) is 7.70. The van der Waals surface area contributed by atoms with Crippen LogP contribution in [0.25, 0.3) is 10.8 Å². The Morgan fingerprint density at radius 3 is 2.40 bits per heavy atom. The van der Waals surface area contributed by atoms with E-state index in [9.17, 15) is 17.6 Å². The number of amides is 1. The minimum Gasteiger partial charge on any atom is -0.324 e. The summed E-state index contributed by atoms with van der Waals surface area (Å²) in [6.45, 7) is -0.551. The number of hydrogen-bond acceptors (Lipinski definition) is 3. The van der Waals surface area contributed by atoms with Crippen molar-refractivity contribution in [1.82, 2.24) is 4.31 Å². The number of carbonyl (C=O) groups excluding carboxylic acids is 1. The number of para-hydroxylation sites is 1. The van der Waals surface area contributed by atoms with E-state index in [-0.39, 0.29) is 5.69 Å². The molecule has 1 aliphatic carbocycles. The average molecular weight is 428 g/mol. The van der Waals surface area contributed by atoms with Gasteiger partial charge in [-0.1, -0.05) is 36.4 Å². The third kappa shape index (κ3) is 3.53. The molecule has 0 fully saturated rings. The highest BCUT2D eigenvalue weighted by Crippen LogP contribution is 2.35. The van der Waals surface area contributed by atoms with Crippen molar-refractivity contribution in [3.63, 3.8) is 0 Å². The average Bonchev–Trinajstić information content (AvgIpc) is 3.13. The summed E-state index contributed by atoms with van der Waals surface area (Å²) < 4.78 is 41.7. The van der Waals surface area contributed by atoms with Crippen molar-refractivity contribution >= 4 is 38.3 Å². The smallest absolute Gasteiger partial charge is 0.304 e. The zero-order valence-electron chi connectivity index (χ0n) is 16.7. The van der Waals surface area contributed by atoms with Crippen LogP contribution in [0, 0.1) is 5.82 Å². The number of rotatable bonds is 6. The van der Waals surface area contributed by atoms with Gasteiger partial charge in [-0.2, -0.15) is 12.7 Å². The third-order valence-electron chi connectivity index (χ3n) is 5.30. The highest BCUT2D eigenvalue weighted by molar-refractivity contribution is 7.90. The Balaban J connectivity index is 1.66. The molecular formula is C22H22FN3O3S. The summed E-state index contributed by atoms with van der Waals surface area (Å²) in [7, 11) is -1.41. The zero-order chi connectivity index (χ0) is 21.5. The molecule has 0 spiro atoms. The van der Waals surface area contributed by atoms with E-state index < -0.39 is 28.5 Å². The minimum atomic E-state index is -4.08. The molecule has 0 bridgehead atoms. The van der Waals surface area contributed by atoms with E-state index in [1.807, 2.05) is 24.3 Å². The molecule has 156 valence electrons. The number of nitrogens with one attached hydrogen (secondary N) is 1. The van der Waals surface area contributed by atoms with Crippen LogP contribution >= 0.6 is 0 Å². The van der Waals surface area contributed by atoms with Crippen LogP contribution in [0.2, 0.25) is 0 Å². The van der Waals surface area contributed by atoms with Crippen LogP contribution in [0.5, 0.6) is 0 Å². The van der Waals surface area contributed by atoms with E-state index in [4.69, 9.17) is 0 Å². The van der Waals surface area contributed by atoms with Crippen molar-refractivity contribution in [1.29, 1.82) is 0 Å². The second-order valence-corrected chi connectivity index (χ2v) is 9.48. The summed E-state index contributed by atoms with van der Waals surface area (Å²) in [6, 6.07) is 15.3. The van der Waals surface area contributed by atoms with E-state index in [0.29, 0.717) is 5.69 Å². The van der Waals surface area contributed by atoms with Gasteiger partial charge >= 0.3 is 10.2 Å². The highest BCUT2D eigenvalue weighted by atomic mass is 32.2. The molecule has 6 nitrogen and oxygen atoms in total. The lowest BCUT2D eigenvalue weighted by Gasteiger charge is -2.27. The summed E-state index contributed by atoms with van der Waals surface area (Å²) in [5, 5.41) is 4.87. The standard InChI is InChI=1S/C22H22FN3O3S/c1-25(2)30(28,29)26(20-9-4-3-8-18(20)23)14-21(27)24-19-13-12-16-11-10-15-6-5-7-17(19)22(15)16/h3-9,12-13H,10-11,14H2,1-2H3,(H,24,27). The molecule has 30 heavy (non-hydrogen) atoms. The van der Waals surface area contributed by atoms with E-state index in [1.165, 1.54) is 43.4 Å². The monoisotopic (exact) mass is 427 g/mol. The van der Waals surface area contributed by atoms with Gasteiger partial charge in [0.25, 0.3) is 0 Å². The predicted octanol–water partition coefficient (Wildman–Crippen LogP) is 3.33. The number of nitrogens with zero attached hydrogens (tertiary/aromatic N) is 2. The minimum absolute atomic E-state index is 0.179. The summed E-state index contributed by atoms with van der Waals surface area (Å²) in [4.78, 5) is 12.8. The fourth-order valence-electron chi connectivity index (χ4n) is 3.82. The molecule has 0 heterocycles. The number of anilines is 2. The van der Waals surface area contributed by atoms with Gasteiger partial charge in [0.05, 0.1) is 5.69 Å². The number of benzene rings is 3. The Bertz CT molecular complexity index is 1230. The van der Waals surface area contributed by atoms with Gasteiger partial charge in [-0.05, 0) is 47.6 Å². The topological polar surface area (TPSA) is 69.7 Å². The molecule has 0 unspecified atom stereocenters. The van der Waals surface area contributed by atoms with Crippen molar-refractivity contribution in [2.24, 2.45) is 0 Å². The van der Waals surface area contributed by atoms with Gasteiger partial charge in [0.2, 0.25) is 5.91 Å². The van der Waals surface area contributed by atoms with Crippen LogP contribution in [0.1, 0.15) is 11.1 Å².